The molecule has 2 aliphatic rings. The smallest absolute Gasteiger partial charge is 0.223 e. The molecule has 2 rings (SSSR count). The van der Waals surface area contributed by atoms with Crippen molar-refractivity contribution in [3.8, 4) is 0 Å². The van der Waals surface area contributed by atoms with Gasteiger partial charge in [-0.25, -0.2) is 0 Å². The van der Waals surface area contributed by atoms with E-state index in [1.165, 1.54) is 0 Å². The third-order valence-electron chi connectivity index (χ3n) is 2.80. The highest BCUT2D eigenvalue weighted by Crippen LogP contribution is 2.25. The number of hydrogen-bond donors (Lipinski definition) is 1. The van der Waals surface area contributed by atoms with Crippen molar-refractivity contribution in [3.63, 3.8) is 0 Å². The molecule has 2 unspecified atom stereocenters. The Kier molecular flexibility index (Phi) is 2.30. The van der Waals surface area contributed by atoms with E-state index in [2.05, 4.69) is 5.32 Å². The first-order valence-corrected chi connectivity index (χ1v) is 4.71. The number of nitrogens with one attached hydrogen (secondary N) is 1. The standard InChI is InChI=1S/C9H15NO2/c11-9-8(1-3-10-9)5-7-2-4-12-6-7/h7-8H,1-6H2,(H,10,11). The Morgan fingerprint density at radius 3 is 3.00 bits per heavy atom. The summed E-state index contributed by atoms with van der Waals surface area (Å²) in [7, 11) is 0. The second-order valence-electron chi connectivity index (χ2n) is 3.74. The first kappa shape index (κ1) is 8.05. The highest BCUT2D eigenvalue weighted by atomic mass is 16.5. The van der Waals surface area contributed by atoms with Gasteiger partial charge in [0.25, 0.3) is 0 Å². The van der Waals surface area contributed by atoms with Crippen LogP contribution in [0.1, 0.15) is 19.3 Å². The van der Waals surface area contributed by atoms with E-state index in [1.54, 1.807) is 0 Å². The third kappa shape index (κ3) is 1.61. The fraction of sp³-hybridized carbons (Fsp3) is 0.889. The number of carbonyl (C=O) groups excluding carboxylic acids is 1. The van der Waals surface area contributed by atoms with Crippen molar-refractivity contribution in [2.24, 2.45) is 11.8 Å². The minimum atomic E-state index is 0.252. The molecule has 1 amide bonds. The van der Waals surface area contributed by atoms with Crippen LogP contribution in [0.3, 0.4) is 0 Å². The van der Waals surface area contributed by atoms with Crippen LogP contribution in [0, 0.1) is 11.8 Å². The number of carbonyl (C=O) groups is 1. The van der Waals surface area contributed by atoms with E-state index < -0.39 is 0 Å². The van der Waals surface area contributed by atoms with Gasteiger partial charge >= 0.3 is 0 Å². The molecule has 0 bridgehead atoms. The van der Waals surface area contributed by atoms with Crippen LogP contribution < -0.4 is 5.32 Å². The van der Waals surface area contributed by atoms with E-state index >= 15 is 0 Å². The van der Waals surface area contributed by atoms with Gasteiger partial charge in [0.1, 0.15) is 0 Å². The van der Waals surface area contributed by atoms with Crippen LogP contribution in [0.2, 0.25) is 0 Å². The summed E-state index contributed by atoms with van der Waals surface area (Å²) in [5.74, 6) is 1.16. The van der Waals surface area contributed by atoms with Crippen molar-refractivity contribution in [1.29, 1.82) is 0 Å². The fourth-order valence-electron chi connectivity index (χ4n) is 2.04. The molecule has 1 N–H and O–H groups in total. The zero-order valence-corrected chi connectivity index (χ0v) is 7.21. The normalized spacial score (nSPS) is 35.5. The molecule has 0 aromatic heterocycles. The summed E-state index contributed by atoms with van der Waals surface area (Å²) in [6.45, 7) is 2.62. The van der Waals surface area contributed by atoms with E-state index in [4.69, 9.17) is 4.74 Å². The zero-order chi connectivity index (χ0) is 8.39. The average Bonchev–Trinajstić information content (AvgIpc) is 2.65. The van der Waals surface area contributed by atoms with Crippen molar-refractivity contribution in [3.05, 3.63) is 0 Å². The molecule has 2 aliphatic heterocycles. The molecular weight excluding hydrogens is 154 g/mol. The molecule has 3 heteroatoms. The van der Waals surface area contributed by atoms with E-state index in [0.29, 0.717) is 5.92 Å². The Bertz CT molecular complexity index is 175. The van der Waals surface area contributed by atoms with Crippen LogP contribution >= 0.6 is 0 Å². The quantitative estimate of drug-likeness (QED) is 0.655. The number of hydrogen-bond acceptors (Lipinski definition) is 2. The van der Waals surface area contributed by atoms with Gasteiger partial charge in [0, 0.05) is 25.7 Å². The van der Waals surface area contributed by atoms with Crippen LogP contribution in [0.15, 0.2) is 0 Å². The van der Waals surface area contributed by atoms with Crippen molar-refractivity contribution in [1.82, 2.24) is 5.32 Å². The molecule has 3 nitrogen and oxygen atoms in total. The average molecular weight is 169 g/mol. The van der Waals surface area contributed by atoms with Gasteiger partial charge in [-0.15, -0.1) is 0 Å². The summed E-state index contributed by atoms with van der Waals surface area (Å²) < 4.78 is 5.27. The second-order valence-corrected chi connectivity index (χ2v) is 3.74. The predicted molar refractivity (Wildman–Crippen MR) is 44.7 cm³/mol. The molecule has 12 heavy (non-hydrogen) atoms. The van der Waals surface area contributed by atoms with Gasteiger partial charge in [0.05, 0.1) is 0 Å². The van der Waals surface area contributed by atoms with Crippen molar-refractivity contribution in [2.45, 2.75) is 19.3 Å². The second kappa shape index (κ2) is 3.44. The van der Waals surface area contributed by atoms with Crippen molar-refractivity contribution >= 4 is 5.91 Å². The van der Waals surface area contributed by atoms with Crippen molar-refractivity contribution < 1.29 is 9.53 Å². The topological polar surface area (TPSA) is 38.3 Å². The highest BCUT2D eigenvalue weighted by molar-refractivity contribution is 5.80. The third-order valence-corrected chi connectivity index (χ3v) is 2.80. The maximum atomic E-state index is 11.2. The number of rotatable bonds is 2. The molecule has 2 saturated heterocycles. The first-order valence-electron chi connectivity index (χ1n) is 4.71. The molecular formula is C9H15NO2. The van der Waals surface area contributed by atoms with Gasteiger partial charge in [-0.1, -0.05) is 0 Å². The first-order chi connectivity index (χ1) is 5.86. The van der Waals surface area contributed by atoms with Crippen LogP contribution in [0.25, 0.3) is 0 Å². The molecule has 0 aromatic carbocycles. The lowest BCUT2D eigenvalue weighted by molar-refractivity contribution is -0.122. The van der Waals surface area contributed by atoms with E-state index in [1.807, 2.05) is 0 Å². The molecule has 0 spiro atoms. The Labute approximate surface area is 72.5 Å². The lowest BCUT2D eigenvalue weighted by atomic mass is 9.93. The Morgan fingerprint density at radius 2 is 2.42 bits per heavy atom. The Balaban J connectivity index is 1.81. The summed E-state index contributed by atoms with van der Waals surface area (Å²) in [5, 5.41) is 2.86. The van der Waals surface area contributed by atoms with Crippen molar-refractivity contribution in [2.75, 3.05) is 19.8 Å². The van der Waals surface area contributed by atoms with Gasteiger partial charge in [0.2, 0.25) is 5.91 Å². The highest BCUT2D eigenvalue weighted by Gasteiger charge is 2.28. The summed E-state index contributed by atoms with van der Waals surface area (Å²) in [6.07, 6.45) is 3.20. The van der Waals surface area contributed by atoms with E-state index in [9.17, 15) is 4.79 Å². The van der Waals surface area contributed by atoms with E-state index in [-0.39, 0.29) is 11.8 Å². The zero-order valence-electron chi connectivity index (χ0n) is 7.21. The van der Waals surface area contributed by atoms with Crippen LogP contribution in [0.4, 0.5) is 0 Å². The minimum absolute atomic E-state index is 0.252. The number of ether oxygens (including phenoxy) is 1. The van der Waals surface area contributed by atoms with Gasteiger partial charge in [-0.05, 0) is 25.2 Å². The summed E-state index contributed by atoms with van der Waals surface area (Å²) in [5.41, 5.74) is 0. The summed E-state index contributed by atoms with van der Waals surface area (Å²) >= 11 is 0. The largest absolute Gasteiger partial charge is 0.381 e. The molecule has 2 fully saturated rings. The monoisotopic (exact) mass is 169 g/mol. The van der Waals surface area contributed by atoms with Gasteiger partial charge in [-0.2, -0.15) is 0 Å². The van der Waals surface area contributed by atoms with Gasteiger partial charge in [0.15, 0.2) is 0 Å². The lowest BCUT2D eigenvalue weighted by Gasteiger charge is -2.10. The fourth-order valence-corrected chi connectivity index (χ4v) is 2.04. The molecule has 0 saturated carbocycles. The molecule has 2 heterocycles. The predicted octanol–water partition coefficient (Wildman–Crippen LogP) is 0.549. The Morgan fingerprint density at radius 1 is 1.50 bits per heavy atom. The SMILES string of the molecule is O=C1NCCC1CC1CCOC1. The van der Waals surface area contributed by atoms with Crippen LogP contribution in [-0.4, -0.2) is 25.7 Å². The van der Waals surface area contributed by atoms with Gasteiger partial charge < -0.3 is 10.1 Å². The maximum absolute atomic E-state index is 11.2. The lowest BCUT2D eigenvalue weighted by Crippen LogP contribution is -2.21. The summed E-state index contributed by atoms with van der Waals surface area (Å²) in [4.78, 5) is 11.2. The van der Waals surface area contributed by atoms with Gasteiger partial charge in [-0.3, -0.25) is 4.79 Å². The van der Waals surface area contributed by atoms with Crippen LogP contribution in [0.5, 0.6) is 0 Å². The minimum Gasteiger partial charge on any atom is -0.381 e. The molecule has 68 valence electrons. The van der Waals surface area contributed by atoms with E-state index in [0.717, 1.165) is 39.0 Å². The summed E-state index contributed by atoms with van der Waals surface area (Å²) in [6, 6.07) is 0. The maximum Gasteiger partial charge on any atom is 0.223 e. The molecule has 0 radical (unpaired) electrons. The number of amides is 1. The molecule has 0 aliphatic carbocycles. The van der Waals surface area contributed by atoms with Crippen LogP contribution in [-0.2, 0) is 9.53 Å². The Hall–Kier alpha value is -0.570. The molecule has 2 atom stereocenters. The molecule has 0 aromatic rings.